The molecule has 0 heterocycles. The van der Waals surface area contributed by atoms with E-state index in [0.717, 1.165) is 24.2 Å². The van der Waals surface area contributed by atoms with Crippen molar-refractivity contribution in [3.05, 3.63) is 29.8 Å². The molecule has 100 valence electrons. The minimum atomic E-state index is -0.0160. The molecule has 1 rings (SSSR count). The zero-order valence-corrected chi connectivity index (χ0v) is 11.1. The van der Waals surface area contributed by atoms with Gasteiger partial charge in [-0.2, -0.15) is 0 Å². The van der Waals surface area contributed by atoms with Gasteiger partial charge in [-0.15, -0.1) is 0 Å². The molecular weight excluding hydrogens is 228 g/mol. The van der Waals surface area contributed by atoms with E-state index in [0.29, 0.717) is 13.0 Å². The molecule has 3 N–H and O–H groups in total. The summed E-state index contributed by atoms with van der Waals surface area (Å²) in [6.07, 6.45) is 2.10. The van der Waals surface area contributed by atoms with Crippen molar-refractivity contribution in [2.45, 2.75) is 32.2 Å². The third-order valence-corrected chi connectivity index (χ3v) is 2.84. The number of benzene rings is 1. The van der Waals surface area contributed by atoms with Crippen LogP contribution in [0, 0.1) is 0 Å². The van der Waals surface area contributed by atoms with Crippen molar-refractivity contribution in [3.63, 3.8) is 0 Å². The smallest absolute Gasteiger partial charge is 0.223 e. The standard InChI is InChI=1S/C14H22N2O2/c1-3-12(15)10-11-6-4-5-7-13(11)18-9-8-14(17)16-2/h4-7,12H,3,8-10,15H2,1-2H3,(H,16,17). The van der Waals surface area contributed by atoms with Gasteiger partial charge in [-0.3, -0.25) is 4.79 Å². The number of nitrogens with one attached hydrogen (secondary N) is 1. The van der Waals surface area contributed by atoms with E-state index in [4.69, 9.17) is 10.5 Å². The summed E-state index contributed by atoms with van der Waals surface area (Å²) in [6, 6.07) is 7.99. The first-order valence-corrected chi connectivity index (χ1v) is 6.34. The Balaban J connectivity index is 2.56. The molecule has 18 heavy (non-hydrogen) atoms. The first-order chi connectivity index (χ1) is 8.67. The normalized spacial score (nSPS) is 11.9. The highest BCUT2D eigenvalue weighted by Gasteiger charge is 2.07. The molecule has 0 fully saturated rings. The fourth-order valence-electron chi connectivity index (χ4n) is 1.62. The molecule has 0 radical (unpaired) electrons. The van der Waals surface area contributed by atoms with Crippen LogP contribution in [0.25, 0.3) is 0 Å². The molecule has 0 saturated carbocycles. The van der Waals surface area contributed by atoms with E-state index in [2.05, 4.69) is 12.2 Å². The maximum Gasteiger partial charge on any atom is 0.223 e. The SMILES string of the molecule is CCC(N)Cc1ccccc1OCCC(=O)NC. The Kier molecular flexibility index (Phi) is 6.22. The van der Waals surface area contributed by atoms with Crippen molar-refractivity contribution in [1.29, 1.82) is 0 Å². The summed E-state index contributed by atoms with van der Waals surface area (Å²) < 4.78 is 5.64. The number of hydrogen-bond donors (Lipinski definition) is 2. The third-order valence-electron chi connectivity index (χ3n) is 2.84. The van der Waals surface area contributed by atoms with Gasteiger partial charge < -0.3 is 15.8 Å². The maximum atomic E-state index is 11.1. The van der Waals surface area contributed by atoms with Gasteiger partial charge in [0.25, 0.3) is 0 Å². The molecule has 4 nitrogen and oxygen atoms in total. The number of nitrogens with two attached hydrogens (primary N) is 1. The zero-order valence-electron chi connectivity index (χ0n) is 11.1. The van der Waals surface area contributed by atoms with Gasteiger partial charge >= 0.3 is 0 Å². The highest BCUT2D eigenvalue weighted by Crippen LogP contribution is 2.20. The van der Waals surface area contributed by atoms with Crippen LogP contribution in [-0.4, -0.2) is 25.6 Å². The molecule has 0 aromatic heterocycles. The summed E-state index contributed by atoms with van der Waals surface area (Å²) in [5, 5.41) is 2.57. The van der Waals surface area contributed by atoms with E-state index in [-0.39, 0.29) is 11.9 Å². The predicted molar refractivity (Wildman–Crippen MR) is 72.6 cm³/mol. The molecule has 0 aliphatic heterocycles. The van der Waals surface area contributed by atoms with Crippen LogP contribution in [0.4, 0.5) is 0 Å². The second-order valence-electron chi connectivity index (χ2n) is 4.25. The van der Waals surface area contributed by atoms with Gasteiger partial charge in [0.1, 0.15) is 5.75 Å². The second kappa shape index (κ2) is 7.71. The Hall–Kier alpha value is -1.55. The Morgan fingerprint density at radius 1 is 1.44 bits per heavy atom. The summed E-state index contributed by atoms with van der Waals surface area (Å²) in [6.45, 7) is 2.46. The van der Waals surface area contributed by atoms with Gasteiger partial charge in [-0.25, -0.2) is 0 Å². The van der Waals surface area contributed by atoms with Crippen LogP contribution in [0.3, 0.4) is 0 Å². The van der Waals surface area contributed by atoms with Crippen LogP contribution in [0.1, 0.15) is 25.3 Å². The molecule has 0 spiro atoms. The lowest BCUT2D eigenvalue weighted by molar-refractivity contribution is -0.121. The van der Waals surface area contributed by atoms with Crippen molar-refractivity contribution in [3.8, 4) is 5.75 Å². The average Bonchev–Trinajstić information content (AvgIpc) is 2.40. The number of ether oxygens (including phenoxy) is 1. The van der Waals surface area contributed by atoms with Gasteiger partial charge in [0, 0.05) is 13.1 Å². The Morgan fingerprint density at radius 2 is 2.17 bits per heavy atom. The zero-order chi connectivity index (χ0) is 13.4. The monoisotopic (exact) mass is 250 g/mol. The minimum Gasteiger partial charge on any atom is -0.493 e. The molecular formula is C14H22N2O2. The molecule has 4 heteroatoms. The van der Waals surface area contributed by atoms with E-state index < -0.39 is 0 Å². The third kappa shape index (κ3) is 4.75. The van der Waals surface area contributed by atoms with Crippen molar-refractivity contribution in [2.75, 3.05) is 13.7 Å². The Bertz CT molecular complexity index is 380. The van der Waals surface area contributed by atoms with E-state index >= 15 is 0 Å². The van der Waals surface area contributed by atoms with Crippen LogP contribution in [0.5, 0.6) is 5.75 Å². The summed E-state index contributed by atoms with van der Waals surface area (Å²) in [4.78, 5) is 11.1. The molecule has 1 amide bonds. The van der Waals surface area contributed by atoms with Gasteiger partial charge in [-0.1, -0.05) is 25.1 Å². The fourth-order valence-corrected chi connectivity index (χ4v) is 1.62. The fraction of sp³-hybridized carbons (Fsp3) is 0.500. The molecule has 1 aromatic carbocycles. The van der Waals surface area contributed by atoms with Gasteiger partial charge in [0.15, 0.2) is 0 Å². The van der Waals surface area contributed by atoms with Crippen LogP contribution in [0.15, 0.2) is 24.3 Å². The van der Waals surface area contributed by atoms with E-state index in [1.807, 2.05) is 24.3 Å². The van der Waals surface area contributed by atoms with Crippen LogP contribution < -0.4 is 15.8 Å². The molecule has 0 saturated heterocycles. The Morgan fingerprint density at radius 3 is 2.83 bits per heavy atom. The molecule has 0 aliphatic rings. The molecule has 1 aromatic rings. The van der Waals surface area contributed by atoms with Crippen LogP contribution >= 0.6 is 0 Å². The second-order valence-corrected chi connectivity index (χ2v) is 4.25. The minimum absolute atomic E-state index is 0.0160. The van der Waals surface area contributed by atoms with Crippen molar-refractivity contribution < 1.29 is 9.53 Å². The van der Waals surface area contributed by atoms with Gasteiger partial charge in [0.2, 0.25) is 5.91 Å². The van der Waals surface area contributed by atoms with Crippen molar-refractivity contribution in [1.82, 2.24) is 5.32 Å². The molecule has 0 aliphatic carbocycles. The summed E-state index contributed by atoms with van der Waals surface area (Å²) in [5.74, 6) is 0.808. The van der Waals surface area contributed by atoms with E-state index in [1.54, 1.807) is 7.05 Å². The largest absolute Gasteiger partial charge is 0.493 e. The molecule has 0 bridgehead atoms. The van der Waals surface area contributed by atoms with Crippen LogP contribution in [-0.2, 0) is 11.2 Å². The lowest BCUT2D eigenvalue weighted by Gasteiger charge is -2.14. The predicted octanol–water partition coefficient (Wildman–Crippen LogP) is 1.48. The first kappa shape index (κ1) is 14.5. The number of amides is 1. The number of rotatable bonds is 7. The lowest BCUT2D eigenvalue weighted by Crippen LogP contribution is -2.22. The number of hydrogen-bond acceptors (Lipinski definition) is 3. The van der Waals surface area contributed by atoms with Crippen molar-refractivity contribution >= 4 is 5.91 Å². The number of para-hydroxylation sites is 1. The highest BCUT2D eigenvalue weighted by molar-refractivity contribution is 5.75. The maximum absolute atomic E-state index is 11.1. The molecule has 1 unspecified atom stereocenters. The number of carbonyl (C=O) groups is 1. The van der Waals surface area contributed by atoms with Gasteiger partial charge in [0.05, 0.1) is 13.0 Å². The van der Waals surface area contributed by atoms with E-state index in [9.17, 15) is 4.79 Å². The highest BCUT2D eigenvalue weighted by atomic mass is 16.5. The average molecular weight is 250 g/mol. The summed E-state index contributed by atoms with van der Waals surface area (Å²) in [7, 11) is 1.62. The quantitative estimate of drug-likeness (QED) is 0.770. The summed E-state index contributed by atoms with van der Waals surface area (Å²) >= 11 is 0. The van der Waals surface area contributed by atoms with Crippen molar-refractivity contribution in [2.24, 2.45) is 5.73 Å². The Labute approximate surface area is 109 Å². The van der Waals surface area contributed by atoms with E-state index in [1.165, 1.54) is 0 Å². The lowest BCUT2D eigenvalue weighted by atomic mass is 10.0. The number of carbonyl (C=O) groups excluding carboxylic acids is 1. The topological polar surface area (TPSA) is 64.3 Å². The molecule has 1 atom stereocenters. The summed E-state index contributed by atoms with van der Waals surface area (Å²) in [5.41, 5.74) is 7.05. The van der Waals surface area contributed by atoms with Gasteiger partial charge in [-0.05, 0) is 24.5 Å². The first-order valence-electron chi connectivity index (χ1n) is 6.34. The van der Waals surface area contributed by atoms with Crippen LogP contribution in [0.2, 0.25) is 0 Å².